The molecule has 1 saturated heterocycles. The van der Waals surface area contributed by atoms with E-state index in [1.165, 1.54) is 5.56 Å². The average molecular weight is 503 g/mol. The third kappa shape index (κ3) is 4.51. The molecule has 0 saturated carbocycles. The SMILES string of the molecule is COc1ccc(CN2C(=S)N[C@H](c3ccccn3)[C@H]2c2cc(C)n(-c3cccc(Cl)c3)c2C)cc1. The lowest BCUT2D eigenvalue weighted by molar-refractivity contribution is 0.310. The molecule has 5 nitrogen and oxygen atoms in total. The second-order valence-electron chi connectivity index (χ2n) is 8.74. The minimum absolute atomic E-state index is 0.0290. The molecule has 7 heteroatoms. The minimum Gasteiger partial charge on any atom is -0.497 e. The molecule has 0 bridgehead atoms. The predicted molar refractivity (Wildman–Crippen MR) is 144 cm³/mol. The number of thiocarbonyl (C=S) groups is 1. The van der Waals surface area contributed by atoms with Gasteiger partial charge in [-0.25, -0.2) is 0 Å². The van der Waals surface area contributed by atoms with Crippen molar-refractivity contribution in [3.05, 3.63) is 112 Å². The number of methoxy groups -OCH3 is 1. The first-order chi connectivity index (χ1) is 17.0. The topological polar surface area (TPSA) is 42.3 Å². The summed E-state index contributed by atoms with van der Waals surface area (Å²) in [6.45, 7) is 4.96. The number of rotatable bonds is 6. The van der Waals surface area contributed by atoms with E-state index < -0.39 is 0 Å². The fourth-order valence-electron chi connectivity index (χ4n) is 4.94. The molecule has 4 aromatic rings. The highest BCUT2D eigenvalue weighted by Crippen LogP contribution is 2.42. The summed E-state index contributed by atoms with van der Waals surface area (Å²) in [5.41, 5.74) is 6.67. The van der Waals surface area contributed by atoms with Crippen LogP contribution in [-0.4, -0.2) is 26.7 Å². The molecule has 0 aliphatic carbocycles. The molecule has 0 amide bonds. The molecule has 3 heterocycles. The summed E-state index contributed by atoms with van der Waals surface area (Å²) in [6, 6.07) is 24.3. The van der Waals surface area contributed by atoms with Gasteiger partial charge in [-0.2, -0.15) is 0 Å². The van der Waals surface area contributed by atoms with Crippen molar-refractivity contribution in [3.63, 3.8) is 0 Å². The number of nitrogens with zero attached hydrogens (tertiary/aromatic N) is 3. The Kier molecular flexibility index (Phi) is 6.50. The van der Waals surface area contributed by atoms with Crippen LogP contribution in [0.1, 0.15) is 40.3 Å². The average Bonchev–Trinajstić information content (AvgIpc) is 3.34. The van der Waals surface area contributed by atoms with Gasteiger partial charge in [-0.15, -0.1) is 0 Å². The van der Waals surface area contributed by atoms with E-state index >= 15 is 0 Å². The lowest BCUT2D eigenvalue weighted by atomic mass is 9.96. The quantitative estimate of drug-likeness (QED) is 0.312. The van der Waals surface area contributed by atoms with Crippen LogP contribution < -0.4 is 10.1 Å². The van der Waals surface area contributed by atoms with E-state index in [9.17, 15) is 0 Å². The van der Waals surface area contributed by atoms with Gasteiger partial charge < -0.3 is 19.5 Å². The van der Waals surface area contributed by atoms with Gasteiger partial charge in [0, 0.05) is 34.8 Å². The van der Waals surface area contributed by atoms with Crippen LogP contribution in [0.4, 0.5) is 0 Å². The van der Waals surface area contributed by atoms with Gasteiger partial charge in [0.2, 0.25) is 0 Å². The fourth-order valence-corrected chi connectivity index (χ4v) is 5.43. The van der Waals surface area contributed by atoms with Crippen LogP contribution in [0.3, 0.4) is 0 Å². The Morgan fingerprint density at radius 1 is 1.03 bits per heavy atom. The molecule has 1 aliphatic heterocycles. The molecule has 0 radical (unpaired) electrons. The Balaban J connectivity index is 1.60. The standard InChI is InChI=1S/C28H27ClN4OS/c1-18-15-24(19(2)33(18)22-8-6-7-21(29)16-22)27-26(25-9-4-5-14-30-25)31-28(35)32(27)17-20-10-12-23(34-3)13-11-20/h4-16,26-27H,17H2,1-3H3,(H,31,35)/t26-,27-/m1/s1. The van der Waals surface area contributed by atoms with Crippen molar-refractivity contribution >= 4 is 28.9 Å². The highest BCUT2D eigenvalue weighted by molar-refractivity contribution is 7.80. The van der Waals surface area contributed by atoms with Gasteiger partial charge in [-0.1, -0.05) is 35.9 Å². The van der Waals surface area contributed by atoms with Gasteiger partial charge >= 0.3 is 0 Å². The van der Waals surface area contributed by atoms with Gasteiger partial charge in [0.25, 0.3) is 0 Å². The number of aryl methyl sites for hydroxylation is 1. The van der Waals surface area contributed by atoms with E-state index in [1.807, 2.05) is 48.7 Å². The second-order valence-corrected chi connectivity index (χ2v) is 9.57. The number of ether oxygens (including phenoxy) is 1. The zero-order valence-corrected chi connectivity index (χ0v) is 21.5. The third-order valence-electron chi connectivity index (χ3n) is 6.57. The van der Waals surface area contributed by atoms with E-state index in [4.69, 9.17) is 28.6 Å². The zero-order chi connectivity index (χ0) is 24.5. The number of pyridine rings is 1. The van der Waals surface area contributed by atoms with Crippen molar-refractivity contribution in [3.8, 4) is 11.4 Å². The normalized spacial score (nSPS) is 17.5. The van der Waals surface area contributed by atoms with Crippen LogP contribution >= 0.6 is 23.8 Å². The third-order valence-corrected chi connectivity index (χ3v) is 7.15. The van der Waals surface area contributed by atoms with Gasteiger partial charge in [0.1, 0.15) is 5.75 Å². The molecule has 5 rings (SSSR count). The number of hydrogen-bond acceptors (Lipinski definition) is 3. The highest BCUT2D eigenvalue weighted by Gasteiger charge is 2.41. The summed E-state index contributed by atoms with van der Waals surface area (Å²) >= 11 is 12.2. The van der Waals surface area contributed by atoms with Gasteiger partial charge in [-0.3, -0.25) is 4.98 Å². The van der Waals surface area contributed by atoms with Crippen LogP contribution in [-0.2, 0) is 6.54 Å². The lowest BCUT2D eigenvalue weighted by Gasteiger charge is -2.28. The second kappa shape index (κ2) is 9.72. The van der Waals surface area contributed by atoms with Gasteiger partial charge in [0.05, 0.1) is 24.9 Å². The summed E-state index contributed by atoms with van der Waals surface area (Å²) in [7, 11) is 1.68. The minimum atomic E-state index is -0.0738. The summed E-state index contributed by atoms with van der Waals surface area (Å²) < 4.78 is 7.59. The Morgan fingerprint density at radius 3 is 2.51 bits per heavy atom. The molecule has 2 aromatic carbocycles. The maximum absolute atomic E-state index is 6.32. The van der Waals surface area contributed by atoms with Crippen LogP contribution in [0.25, 0.3) is 5.69 Å². The Hall–Kier alpha value is -3.35. The zero-order valence-electron chi connectivity index (χ0n) is 19.9. The van der Waals surface area contributed by atoms with Crippen molar-refractivity contribution in [1.82, 2.24) is 19.8 Å². The lowest BCUT2D eigenvalue weighted by Crippen LogP contribution is -2.29. The smallest absolute Gasteiger partial charge is 0.170 e. The Morgan fingerprint density at radius 2 is 1.83 bits per heavy atom. The molecular weight excluding hydrogens is 476 g/mol. The largest absolute Gasteiger partial charge is 0.497 e. The van der Waals surface area contributed by atoms with Crippen molar-refractivity contribution in [2.24, 2.45) is 0 Å². The van der Waals surface area contributed by atoms with E-state index in [-0.39, 0.29) is 12.1 Å². The van der Waals surface area contributed by atoms with Crippen LogP contribution in [0.15, 0.2) is 79.0 Å². The molecule has 2 atom stereocenters. The predicted octanol–water partition coefficient (Wildman–Crippen LogP) is 6.32. The first-order valence-corrected chi connectivity index (χ1v) is 12.3. The maximum atomic E-state index is 6.32. The molecule has 0 spiro atoms. The molecule has 1 fully saturated rings. The molecule has 35 heavy (non-hydrogen) atoms. The summed E-state index contributed by atoms with van der Waals surface area (Å²) in [6.07, 6.45) is 1.83. The molecule has 1 aliphatic rings. The van der Waals surface area contributed by atoms with Gasteiger partial charge in [0.15, 0.2) is 5.11 Å². The molecule has 178 valence electrons. The Bertz CT molecular complexity index is 1350. The highest BCUT2D eigenvalue weighted by atomic mass is 35.5. The van der Waals surface area contributed by atoms with Crippen LogP contribution in [0, 0.1) is 13.8 Å². The van der Waals surface area contributed by atoms with Gasteiger partial charge in [-0.05, 0) is 85.7 Å². The van der Waals surface area contributed by atoms with Crippen LogP contribution in [0.5, 0.6) is 5.75 Å². The fraction of sp³-hybridized carbons (Fsp3) is 0.214. The van der Waals surface area contributed by atoms with Crippen molar-refractivity contribution < 1.29 is 4.74 Å². The van der Waals surface area contributed by atoms with Crippen molar-refractivity contribution in [2.45, 2.75) is 32.5 Å². The molecule has 2 aromatic heterocycles. The van der Waals surface area contributed by atoms with Crippen molar-refractivity contribution in [2.75, 3.05) is 7.11 Å². The van der Waals surface area contributed by atoms with Crippen LogP contribution in [0.2, 0.25) is 5.02 Å². The van der Waals surface area contributed by atoms with E-state index in [0.29, 0.717) is 16.7 Å². The van der Waals surface area contributed by atoms with E-state index in [2.05, 4.69) is 63.9 Å². The maximum Gasteiger partial charge on any atom is 0.170 e. The van der Waals surface area contributed by atoms with E-state index in [1.54, 1.807) is 7.11 Å². The molecule has 1 N–H and O–H groups in total. The summed E-state index contributed by atoms with van der Waals surface area (Å²) in [5.74, 6) is 0.837. The first kappa shape index (κ1) is 23.4. The number of halogens is 1. The number of hydrogen-bond donors (Lipinski definition) is 1. The first-order valence-electron chi connectivity index (χ1n) is 11.5. The summed E-state index contributed by atoms with van der Waals surface area (Å²) in [4.78, 5) is 6.94. The monoisotopic (exact) mass is 502 g/mol. The summed E-state index contributed by atoms with van der Waals surface area (Å²) in [5, 5.41) is 4.99. The number of benzene rings is 2. The molecule has 0 unspecified atom stereocenters. The molecular formula is C28H27ClN4OS. The number of aromatic nitrogens is 2. The van der Waals surface area contributed by atoms with Crippen molar-refractivity contribution in [1.29, 1.82) is 0 Å². The van der Waals surface area contributed by atoms with E-state index in [0.717, 1.165) is 34.1 Å². The number of nitrogens with one attached hydrogen (secondary N) is 1. The Labute approximate surface area is 216 Å².